The largest absolute Gasteiger partial charge is 0.339 e. The molecule has 1 spiro atoms. The lowest BCUT2D eigenvalue weighted by molar-refractivity contribution is -0.143. The van der Waals surface area contributed by atoms with Crippen molar-refractivity contribution in [1.29, 1.82) is 5.26 Å². The predicted molar refractivity (Wildman–Crippen MR) is 142 cm³/mol. The maximum atomic E-state index is 14.5. The maximum absolute atomic E-state index is 14.5. The van der Waals surface area contributed by atoms with Crippen LogP contribution in [-0.4, -0.2) is 43.0 Å². The zero-order valence-electron chi connectivity index (χ0n) is 21.5. The highest BCUT2D eigenvalue weighted by atomic mass is 16.2. The standard InChI is InChI=1S/C31H40N4O/c32-17-22-11-12-27-26(15-22)18-33-20-31(27)21-34-19-28(31)30(36)35-14-13-25(23-7-3-1-4-8-23)16-29(35)24-9-5-2-6-10-24/h3,7-8,11-12,15,24-25,28-29,33-34H,1-2,4-6,9-10,13-14,16,18-21H2/t25-,28+,29?,31+/m1/s1. The number of carbonyl (C=O) groups excluding carboxylic acids is 1. The van der Waals surface area contributed by atoms with Gasteiger partial charge in [0.15, 0.2) is 0 Å². The van der Waals surface area contributed by atoms with Gasteiger partial charge in [-0.25, -0.2) is 0 Å². The Morgan fingerprint density at radius 2 is 1.94 bits per heavy atom. The van der Waals surface area contributed by atoms with Crippen LogP contribution in [0.5, 0.6) is 0 Å². The van der Waals surface area contributed by atoms with E-state index in [1.807, 2.05) is 12.1 Å². The third-order valence-electron chi connectivity index (χ3n) is 9.90. The van der Waals surface area contributed by atoms with Gasteiger partial charge in [-0.05, 0) is 79.2 Å². The van der Waals surface area contributed by atoms with Crippen molar-refractivity contribution in [2.75, 3.05) is 26.2 Å². The molecule has 0 aromatic heterocycles. The summed E-state index contributed by atoms with van der Waals surface area (Å²) in [6, 6.07) is 8.74. The van der Waals surface area contributed by atoms with E-state index in [4.69, 9.17) is 0 Å². The van der Waals surface area contributed by atoms with E-state index in [0.29, 0.717) is 29.3 Å². The second-order valence-electron chi connectivity index (χ2n) is 11.8. The van der Waals surface area contributed by atoms with Crippen LogP contribution in [0.15, 0.2) is 42.0 Å². The summed E-state index contributed by atoms with van der Waals surface area (Å²) >= 11 is 0. The van der Waals surface area contributed by atoms with Crippen LogP contribution in [0.4, 0.5) is 0 Å². The SMILES string of the molecule is N#Cc1ccc2c(c1)CNC[C@]21CNC[C@H]1C(=O)N1CC[C@@H](C2=CCCC=C2)CC1C1CCCCC1. The molecule has 1 saturated carbocycles. The van der Waals surface area contributed by atoms with E-state index in [-0.39, 0.29) is 11.3 Å². The first-order chi connectivity index (χ1) is 17.7. The highest BCUT2D eigenvalue weighted by Crippen LogP contribution is 2.44. The molecule has 6 rings (SSSR count). The quantitative estimate of drug-likeness (QED) is 0.659. The number of likely N-dealkylation sites (tertiary alicyclic amines) is 1. The Balaban J connectivity index is 1.29. The molecule has 1 amide bonds. The minimum Gasteiger partial charge on any atom is -0.339 e. The van der Waals surface area contributed by atoms with Crippen molar-refractivity contribution in [3.63, 3.8) is 0 Å². The van der Waals surface area contributed by atoms with Gasteiger partial charge in [-0.1, -0.05) is 43.6 Å². The molecule has 3 heterocycles. The van der Waals surface area contributed by atoms with Crippen LogP contribution in [0.3, 0.4) is 0 Å². The number of allylic oxidation sites excluding steroid dienone is 4. The van der Waals surface area contributed by atoms with E-state index in [1.54, 1.807) is 0 Å². The molecule has 2 aliphatic carbocycles. The number of carbonyl (C=O) groups is 1. The molecule has 190 valence electrons. The number of amides is 1. The average Bonchev–Trinajstić information content (AvgIpc) is 3.37. The minimum absolute atomic E-state index is 0.0616. The highest BCUT2D eigenvalue weighted by molar-refractivity contribution is 5.82. The summed E-state index contributed by atoms with van der Waals surface area (Å²) in [6.07, 6.45) is 18.2. The Labute approximate surface area is 216 Å². The van der Waals surface area contributed by atoms with Crippen molar-refractivity contribution in [3.05, 3.63) is 58.7 Å². The number of benzene rings is 1. The van der Waals surface area contributed by atoms with Crippen LogP contribution in [0.2, 0.25) is 0 Å². The number of nitrogens with one attached hydrogen (secondary N) is 2. The second-order valence-corrected chi connectivity index (χ2v) is 11.8. The molecule has 5 aliphatic rings. The predicted octanol–water partition coefficient (Wildman–Crippen LogP) is 4.58. The molecule has 0 radical (unpaired) electrons. The van der Waals surface area contributed by atoms with E-state index >= 15 is 0 Å². The van der Waals surface area contributed by atoms with Crippen LogP contribution < -0.4 is 10.6 Å². The number of nitriles is 1. The molecule has 0 bridgehead atoms. The van der Waals surface area contributed by atoms with Gasteiger partial charge in [0, 0.05) is 44.2 Å². The first kappa shape index (κ1) is 23.9. The first-order valence-electron chi connectivity index (χ1n) is 14.3. The smallest absolute Gasteiger partial charge is 0.228 e. The Morgan fingerprint density at radius 3 is 2.75 bits per heavy atom. The Kier molecular flexibility index (Phi) is 6.75. The summed E-state index contributed by atoms with van der Waals surface area (Å²) < 4.78 is 0. The van der Waals surface area contributed by atoms with Crippen molar-refractivity contribution in [1.82, 2.24) is 15.5 Å². The lowest BCUT2D eigenvalue weighted by Gasteiger charge is -2.48. The molecular weight excluding hydrogens is 444 g/mol. The van der Waals surface area contributed by atoms with Crippen molar-refractivity contribution in [3.8, 4) is 6.07 Å². The lowest BCUT2D eigenvalue weighted by atomic mass is 9.67. The molecule has 3 fully saturated rings. The molecule has 5 nitrogen and oxygen atoms in total. The van der Waals surface area contributed by atoms with E-state index in [2.05, 4.69) is 45.9 Å². The molecule has 4 atom stereocenters. The third-order valence-corrected chi connectivity index (χ3v) is 9.90. The van der Waals surface area contributed by atoms with Gasteiger partial charge in [-0.2, -0.15) is 5.26 Å². The summed E-state index contributed by atoms with van der Waals surface area (Å²) in [5.74, 6) is 1.53. The first-order valence-corrected chi connectivity index (χ1v) is 14.3. The topological polar surface area (TPSA) is 68.2 Å². The molecule has 1 aromatic rings. The average molecular weight is 485 g/mol. The van der Waals surface area contributed by atoms with Gasteiger partial charge in [0.05, 0.1) is 17.6 Å². The number of nitrogens with zero attached hydrogens (tertiary/aromatic N) is 2. The third kappa shape index (κ3) is 4.23. The fourth-order valence-electron chi connectivity index (χ4n) is 8.04. The monoisotopic (exact) mass is 484 g/mol. The van der Waals surface area contributed by atoms with E-state index in [9.17, 15) is 10.1 Å². The van der Waals surface area contributed by atoms with Crippen LogP contribution >= 0.6 is 0 Å². The van der Waals surface area contributed by atoms with Crippen molar-refractivity contribution in [2.45, 2.75) is 75.8 Å². The fourth-order valence-corrected chi connectivity index (χ4v) is 8.04. The van der Waals surface area contributed by atoms with E-state index in [1.165, 1.54) is 48.8 Å². The van der Waals surface area contributed by atoms with Crippen LogP contribution in [0, 0.1) is 29.1 Å². The van der Waals surface area contributed by atoms with E-state index < -0.39 is 0 Å². The van der Waals surface area contributed by atoms with Crippen molar-refractivity contribution in [2.24, 2.45) is 17.8 Å². The van der Waals surface area contributed by atoms with Gasteiger partial charge in [-0.3, -0.25) is 4.79 Å². The summed E-state index contributed by atoms with van der Waals surface area (Å²) in [6.45, 7) is 4.03. The zero-order valence-corrected chi connectivity index (χ0v) is 21.5. The van der Waals surface area contributed by atoms with E-state index in [0.717, 1.165) is 58.4 Å². The molecule has 5 heteroatoms. The van der Waals surface area contributed by atoms with Crippen LogP contribution in [0.1, 0.15) is 74.5 Å². The van der Waals surface area contributed by atoms with Gasteiger partial charge in [0.2, 0.25) is 5.91 Å². The Hall–Kier alpha value is -2.42. The maximum Gasteiger partial charge on any atom is 0.228 e. The Bertz CT molecular complexity index is 1090. The zero-order chi connectivity index (χ0) is 24.5. The lowest BCUT2D eigenvalue weighted by Crippen LogP contribution is -2.57. The summed E-state index contributed by atoms with van der Waals surface area (Å²) in [5, 5.41) is 16.6. The van der Waals surface area contributed by atoms with Gasteiger partial charge >= 0.3 is 0 Å². The normalized spacial score (nSPS) is 32.7. The number of rotatable bonds is 3. The molecule has 2 N–H and O–H groups in total. The van der Waals surface area contributed by atoms with Crippen LogP contribution in [0.25, 0.3) is 0 Å². The molecule has 1 unspecified atom stereocenters. The minimum atomic E-state index is -0.235. The number of hydrogen-bond acceptors (Lipinski definition) is 4. The van der Waals surface area contributed by atoms with Crippen LogP contribution in [-0.2, 0) is 16.8 Å². The summed E-state index contributed by atoms with van der Waals surface area (Å²) in [7, 11) is 0. The van der Waals surface area contributed by atoms with Crippen molar-refractivity contribution >= 4 is 5.91 Å². The molecule has 36 heavy (non-hydrogen) atoms. The second kappa shape index (κ2) is 10.1. The number of hydrogen-bond donors (Lipinski definition) is 2. The van der Waals surface area contributed by atoms with Gasteiger partial charge < -0.3 is 15.5 Å². The van der Waals surface area contributed by atoms with Crippen molar-refractivity contribution < 1.29 is 4.79 Å². The summed E-state index contributed by atoms with van der Waals surface area (Å²) in [5.41, 5.74) is 4.44. The van der Waals surface area contributed by atoms with Gasteiger partial charge in [0.1, 0.15) is 0 Å². The van der Waals surface area contributed by atoms with Gasteiger partial charge in [-0.15, -0.1) is 0 Å². The number of fused-ring (bicyclic) bond motifs is 2. The van der Waals surface area contributed by atoms with Gasteiger partial charge in [0.25, 0.3) is 0 Å². The number of piperidine rings is 1. The molecule has 2 saturated heterocycles. The molecule has 1 aromatic carbocycles. The summed E-state index contributed by atoms with van der Waals surface area (Å²) in [4.78, 5) is 16.9. The Morgan fingerprint density at radius 1 is 1.08 bits per heavy atom. The molecule has 3 aliphatic heterocycles. The molecular formula is C31H40N4O. The fraction of sp³-hybridized carbons (Fsp3) is 0.613. The highest BCUT2D eigenvalue weighted by Gasteiger charge is 2.52.